The lowest BCUT2D eigenvalue weighted by molar-refractivity contribution is -0.192. The minimum absolute atomic E-state index is 0.852. The number of carbonyl (C=O) groups is 1. The van der Waals surface area contributed by atoms with Gasteiger partial charge in [-0.2, -0.15) is 13.2 Å². The molecule has 8 rings (SSSR count). The zero-order valence-corrected chi connectivity index (χ0v) is 30.1. The zero-order valence-electron chi connectivity index (χ0n) is 28.4. The van der Waals surface area contributed by atoms with Gasteiger partial charge >= 0.3 is 12.1 Å². The van der Waals surface area contributed by atoms with E-state index in [1.807, 2.05) is 0 Å². The van der Waals surface area contributed by atoms with Crippen LogP contribution in [0.1, 0.15) is 0 Å². The van der Waals surface area contributed by atoms with Crippen molar-refractivity contribution >= 4 is 75.2 Å². The summed E-state index contributed by atoms with van der Waals surface area (Å²) >= 11 is 0. The summed E-state index contributed by atoms with van der Waals surface area (Å²) < 4.78 is 31.7. The van der Waals surface area contributed by atoms with Crippen LogP contribution >= 0.6 is 15.8 Å². The van der Waals surface area contributed by atoms with Gasteiger partial charge in [-0.25, -0.2) is 4.79 Å². The van der Waals surface area contributed by atoms with Crippen molar-refractivity contribution in [1.29, 1.82) is 0 Å². The molecule has 8 aromatic rings. The summed E-state index contributed by atoms with van der Waals surface area (Å²) in [6, 6.07) is 71.8. The van der Waals surface area contributed by atoms with Crippen molar-refractivity contribution in [2.75, 3.05) is 0 Å². The Kier molecular flexibility index (Phi) is 10.8. The Labute approximate surface area is 308 Å². The molecule has 7 heteroatoms. The first kappa shape index (κ1) is 35.8. The molecule has 0 spiro atoms. The molecule has 260 valence electrons. The van der Waals surface area contributed by atoms with Gasteiger partial charge in [0.15, 0.2) is 0 Å². The highest BCUT2D eigenvalue weighted by Gasteiger charge is 2.38. The molecule has 0 heterocycles. The Morgan fingerprint density at radius 2 is 0.660 bits per heavy atom. The SMILES string of the molecule is O=C(O)C(F)(F)F.c1ccc(P(c2ccccc2)c2ccc3ccccc3c2-c2c(P(c3ccccc3)c3ccccc3)ccc3ccccc23)cc1. The van der Waals surface area contributed by atoms with E-state index in [0.29, 0.717) is 0 Å². The van der Waals surface area contributed by atoms with E-state index >= 15 is 0 Å². The topological polar surface area (TPSA) is 37.3 Å². The first-order valence-electron chi connectivity index (χ1n) is 17.0. The van der Waals surface area contributed by atoms with E-state index < -0.39 is 28.0 Å². The minimum atomic E-state index is -5.08. The molecule has 2 nitrogen and oxygen atoms in total. The monoisotopic (exact) mass is 736 g/mol. The van der Waals surface area contributed by atoms with Crippen LogP contribution in [0.25, 0.3) is 32.7 Å². The van der Waals surface area contributed by atoms with E-state index in [1.165, 1.54) is 64.5 Å². The number of carboxylic acid groups (broad SMARTS) is 1. The van der Waals surface area contributed by atoms with Gasteiger partial charge in [-0.05, 0) is 80.3 Å². The summed E-state index contributed by atoms with van der Waals surface area (Å²) in [5.41, 5.74) is 2.70. The number of hydrogen-bond acceptors (Lipinski definition) is 1. The quantitative estimate of drug-likeness (QED) is 0.166. The van der Waals surface area contributed by atoms with E-state index in [9.17, 15) is 13.2 Å². The molecule has 0 aliphatic heterocycles. The number of alkyl halides is 3. The number of hydrogen-bond donors (Lipinski definition) is 1. The first-order chi connectivity index (χ1) is 25.8. The van der Waals surface area contributed by atoms with Gasteiger partial charge in [0.25, 0.3) is 0 Å². The normalized spacial score (nSPS) is 11.4. The van der Waals surface area contributed by atoms with Gasteiger partial charge < -0.3 is 5.11 Å². The van der Waals surface area contributed by atoms with Crippen molar-refractivity contribution in [3.8, 4) is 11.1 Å². The lowest BCUT2D eigenvalue weighted by Gasteiger charge is -2.28. The Morgan fingerprint density at radius 1 is 0.396 bits per heavy atom. The van der Waals surface area contributed by atoms with E-state index in [-0.39, 0.29) is 0 Å². The Bertz CT molecular complexity index is 2230. The number of benzene rings is 8. The number of fused-ring (bicyclic) bond motifs is 2. The number of aliphatic carboxylic acids is 1. The van der Waals surface area contributed by atoms with Gasteiger partial charge in [-0.15, -0.1) is 0 Å². The van der Waals surface area contributed by atoms with Gasteiger partial charge in [0.1, 0.15) is 0 Å². The average Bonchev–Trinajstić information content (AvgIpc) is 3.20. The summed E-state index contributed by atoms with van der Waals surface area (Å²) in [5.74, 6) is -2.76. The number of rotatable bonds is 7. The first-order valence-corrected chi connectivity index (χ1v) is 19.6. The molecule has 53 heavy (non-hydrogen) atoms. The molecule has 8 aromatic carbocycles. The lowest BCUT2D eigenvalue weighted by Crippen LogP contribution is -2.26. The molecule has 0 fully saturated rings. The van der Waals surface area contributed by atoms with Crippen LogP contribution in [0, 0.1) is 0 Å². The van der Waals surface area contributed by atoms with Crippen molar-refractivity contribution in [3.63, 3.8) is 0 Å². The molecule has 1 N–H and O–H groups in total. The third-order valence-corrected chi connectivity index (χ3v) is 13.8. The molecule has 0 aliphatic rings. The maximum absolute atomic E-state index is 10.6. The molecular weight excluding hydrogens is 703 g/mol. The average molecular weight is 737 g/mol. The van der Waals surface area contributed by atoms with Gasteiger partial charge in [0, 0.05) is 0 Å². The van der Waals surface area contributed by atoms with Crippen molar-refractivity contribution in [2.24, 2.45) is 0 Å². The highest BCUT2D eigenvalue weighted by molar-refractivity contribution is 7.80. The molecule has 0 saturated carbocycles. The molecule has 0 atom stereocenters. The highest BCUT2D eigenvalue weighted by Crippen LogP contribution is 2.45. The predicted octanol–water partition coefficient (Wildman–Crippen LogP) is 9.81. The van der Waals surface area contributed by atoms with E-state index in [1.54, 1.807) is 0 Å². The molecule has 0 bridgehead atoms. The van der Waals surface area contributed by atoms with E-state index in [4.69, 9.17) is 9.90 Å². The molecule has 0 saturated heterocycles. The van der Waals surface area contributed by atoms with Gasteiger partial charge in [-0.1, -0.05) is 194 Å². The van der Waals surface area contributed by atoms with Crippen LogP contribution in [0.3, 0.4) is 0 Å². The van der Waals surface area contributed by atoms with Crippen LogP contribution in [-0.2, 0) is 4.79 Å². The molecule has 0 unspecified atom stereocenters. The van der Waals surface area contributed by atoms with Crippen molar-refractivity contribution in [1.82, 2.24) is 0 Å². The third kappa shape index (κ3) is 7.78. The zero-order chi connectivity index (χ0) is 36.8. The summed E-state index contributed by atoms with van der Waals surface area (Å²) in [4.78, 5) is 8.90. The van der Waals surface area contributed by atoms with Gasteiger partial charge in [0.05, 0.1) is 0 Å². The Hall–Kier alpha value is -5.60. The molecule has 0 aromatic heterocycles. The maximum Gasteiger partial charge on any atom is 0.490 e. The standard InChI is InChI=1S/C44H32P2.C2HF3O2/c1-5-19-35(20-6-1)45(36-21-7-2-8-22-36)41-31-29-33-17-13-15-27-39(33)43(41)44-40-28-16-14-18-34(40)30-32-42(44)46(37-23-9-3-10-24-37)38-25-11-4-12-26-38;3-2(4,5)1(6)7/h1-32H;(H,6,7). The van der Waals surface area contributed by atoms with Crippen LogP contribution in [0.4, 0.5) is 13.2 Å². The van der Waals surface area contributed by atoms with Crippen LogP contribution < -0.4 is 31.8 Å². The maximum atomic E-state index is 10.6. The smallest absolute Gasteiger partial charge is 0.475 e. The summed E-state index contributed by atoms with van der Waals surface area (Å²) in [6.45, 7) is 0. The highest BCUT2D eigenvalue weighted by atomic mass is 31.1. The largest absolute Gasteiger partial charge is 0.490 e. The van der Waals surface area contributed by atoms with Crippen LogP contribution in [0.15, 0.2) is 194 Å². The fourth-order valence-electron chi connectivity index (χ4n) is 6.58. The van der Waals surface area contributed by atoms with Gasteiger partial charge in [0.2, 0.25) is 0 Å². The fourth-order valence-corrected chi connectivity index (χ4v) is 11.5. The van der Waals surface area contributed by atoms with Gasteiger partial charge in [-0.3, -0.25) is 0 Å². The van der Waals surface area contributed by atoms with E-state index in [2.05, 4.69) is 194 Å². The van der Waals surface area contributed by atoms with Crippen molar-refractivity contribution in [2.45, 2.75) is 6.18 Å². The van der Waals surface area contributed by atoms with E-state index in [0.717, 1.165) is 0 Å². The number of carboxylic acids is 1. The van der Waals surface area contributed by atoms with Crippen LogP contribution in [0.5, 0.6) is 0 Å². The fraction of sp³-hybridized carbons (Fsp3) is 0.0217. The summed E-state index contributed by atoms with van der Waals surface area (Å²) in [5, 5.41) is 20.5. The van der Waals surface area contributed by atoms with Crippen molar-refractivity contribution < 1.29 is 23.1 Å². The second-order valence-corrected chi connectivity index (χ2v) is 16.5. The third-order valence-electron chi connectivity index (χ3n) is 8.85. The molecular formula is C46H33F3O2P2. The summed E-state index contributed by atoms with van der Waals surface area (Å²) in [7, 11) is -1.70. The molecule has 0 amide bonds. The Morgan fingerprint density at radius 3 is 0.943 bits per heavy atom. The minimum Gasteiger partial charge on any atom is -0.475 e. The molecule has 0 radical (unpaired) electrons. The molecule has 0 aliphatic carbocycles. The summed E-state index contributed by atoms with van der Waals surface area (Å²) in [6.07, 6.45) is -5.08. The van der Waals surface area contributed by atoms with Crippen LogP contribution in [-0.4, -0.2) is 17.3 Å². The second kappa shape index (κ2) is 16.0. The van der Waals surface area contributed by atoms with Crippen LogP contribution in [0.2, 0.25) is 0 Å². The second-order valence-electron chi connectivity index (χ2n) is 12.2. The number of halogens is 3. The Balaban J connectivity index is 0.000000568. The van der Waals surface area contributed by atoms with Crippen molar-refractivity contribution in [3.05, 3.63) is 194 Å². The lowest BCUT2D eigenvalue weighted by atomic mass is 9.93. The predicted molar refractivity (Wildman–Crippen MR) is 218 cm³/mol.